The SMILES string of the molecule is CCOc1ccccc1C(=O)NCC(=O)N1CC2(CCC2)C1C1CC1. The van der Waals surface area contributed by atoms with Gasteiger partial charge in [0.1, 0.15) is 5.75 Å². The van der Waals surface area contributed by atoms with Crippen molar-refractivity contribution in [1.29, 1.82) is 0 Å². The van der Waals surface area contributed by atoms with Crippen LogP contribution in [0.3, 0.4) is 0 Å². The molecule has 1 unspecified atom stereocenters. The maximum atomic E-state index is 12.6. The van der Waals surface area contributed by atoms with Gasteiger partial charge in [-0.25, -0.2) is 0 Å². The van der Waals surface area contributed by atoms with E-state index in [0.29, 0.717) is 35.3 Å². The minimum absolute atomic E-state index is 0.0525. The molecular weight excluding hydrogens is 316 g/mol. The van der Waals surface area contributed by atoms with E-state index in [0.717, 1.165) is 6.54 Å². The van der Waals surface area contributed by atoms with E-state index in [1.165, 1.54) is 32.1 Å². The normalized spacial score (nSPS) is 23.6. The Morgan fingerprint density at radius 2 is 2.04 bits per heavy atom. The molecule has 0 radical (unpaired) electrons. The van der Waals surface area contributed by atoms with Crippen molar-refractivity contribution in [2.75, 3.05) is 19.7 Å². The number of amides is 2. The first-order valence-corrected chi connectivity index (χ1v) is 9.44. The largest absolute Gasteiger partial charge is 0.493 e. The highest BCUT2D eigenvalue weighted by Gasteiger charge is 2.61. The highest BCUT2D eigenvalue weighted by atomic mass is 16.5. The lowest BCUT2D eigenvalue weighted by Gasteiger charge is -2.63. The number of hydrogen-bond donors (Lipinski definition) is 1. The first-order valence-electron chi connectivity index (χ1n) is 9.44. The molecule has 4 rings (SSSR count). The van der Waals surface area contributed by atoms with Gasteiger partial charge in [0.15, 0.2) is 0 Å². The predicted molar refractivity (Wildman–Crippen MR) is 94.5 cm³/mol. The lowest BCUT2D eigenvalue weighted by molar-refractivity contribution is -0.170. The molecule has 25 heavy (non-hydrogen) atoms. The zero-order chi connectivity index (χ0) is 17.4. The summed E-state index contributed by atoms with van der Waals surface area (Å²) in [7, 11) is 0. The minimum atomic E-state index is -0.251. The molecule has 2 saturated carbocycles. The number of ether oxygens (including phenoxy) is 1. The van der Waals surface area contributed by atoms with Crippen molar-refractivity contribution in [3.63, 3.8) is 0 Å². The second-order valence-electron chi connectivity index (χ2n) is 7.63. The topological polar surface area (TPSA) is 58.6 Å². The molecule has 1 heterocycles. The van der Waals surface area contributed by atoms with Gasteiger partial charge >= 0.3 is 0 Å². The van der Waals surface area contributed by atoms with E-state index < -0.39 is 0 Å². The maximum absolute atomic E-state index is 12.6. The number of likely N-dealkylation sites (tertiary alicyclic amines) is 1. The Kier molecular flexibility index (Phi) is 4.18. The highest BCUT2D eigenvalue weighted by molar-refractivity contribution is 5.98. The van der Waals surface area contributed by atoms with E-state index in [1.807, 2.05) is 17.9 Å². The minimum Gasteiger partial charge on any atom is -0.493 e. The van der Waals surface area contributed by atoms with E-state index in [-0.39, 0.29) is 18.4 Å². The Hall–Kier alpha value is -2.04. The lowest BCUT2D eigenvalue weighted by atomic mass is 9.56. The Labute approximate surface area is 148 Å². The van der Waals surface area contributed by atoms with Crippen molar-refractivity contribution in [3.05, 3.63) is 29.8 Å². The Balaban J connectivity index is 1.35. The standard InChI is InChI=1S/C20H26N2O3/c1-2-25-16-7-4-3-6-15(16)19(24)21-12-17(23)22-13-20(10-5-11-20)18(22)14-8-9-14/h3-4,6-7,14,18H,2,5,8-13H2,1H3,(H,21,24). The second kappa shape index (κ2) is 6.36. The van der Waals surface area contributed by atoms with E-state index in [4.69, 9.17) is 4.74 Å². The summed E-state index contributed by atoms with van der Waals surface area (Å²) in [5.41, 5.74) is 0.900. The van der Waals surface area contributed by atoms with Crippen LogP contribution in [0.15, 0.2) is 24.3 Å². The zero-order valence-electron chi connectivity index (χ0n) is 14.8. The fraction of sp³-hybridized carbons (Fsp3) is 0.600. The lowest BCUT2D eigenvalue weighted by Crippen LogP contribution is -2.70. The van der Waals surface area contributed by atoms with Gasteiger partial charge in [-0.2, -0.15) is 0 Å². The third-order valence-electron chi connectivity index (χ3n) is 6.02. The van der Waals surface area contributed by atoms with Crippen molar-refractivity contribution in [1.82, 2.24) is 10.2 Å². The van der Waals surface area contributed by atoms with Gasteiger partial charge in [0, 0.05) is 18.0 Å². The first-order chi connectivity index (χ1) is 12.1. The van der Waals surface area contributed by atoms with Gasteiger partial charge in [0.05, 0.1) is 18.7 Å². The molecule has 1 spiro atoms. The smallest absolute Gasteiger partial charge is 0.255 e. The van der Waals surface area contributed by atoms with Crippen LogP contribution in [0, 0.1) is 11.3 Å². The summed E-state index contributed by atoms with van der Waals surface area (Å²) < 4.78 is 5.49. The summed E-state index contributed by atoms with van der Waals surface area (Å²) in [6, 6.07) is 7.58. The molecule has 0 bridgehead atoms. The first kappa shape index (κ1) is 16.4. The summed E-state index contributed by atoms with van der Waals surface area (Å²) in [4.78, 5) is 27.1. The molecule has 3 aliphatic rings. The number of carbonyl (C=O) groups excluding carboxylic acids is 2. The molecule has 3 fully saturated rings. The molecule has 1 aromatic carbocycles. The quantitative estimate of drug-likeness (QED) is 0.864. The molecule has 1 N–H and O–H groups in total. The molecule has 1 aromatic rings. The molecule has 134 valence electrons. The molecule has 5 heteroatoms. The number of nitrogens with one attached hydrogen (secondary N) is 1. The summed E-state index contributed by atoms with van der Waals surface area (Å²) in [5, 5.41) is 2.78. The third kappa shape index (κ3) is 2.90. The highest BCUT2D eigenvalue weighted by Crippen LogP contribution is 2.59. The Morgan fingerprint density at radius 1 is 1.28 bits per heavy atom. The van der Waals surface area contributed by atoms with Gasteiger partial charge in [0.25, 0.3) is 5.91 Å². The molecule has 5 nitrogen and oxygen atoms in total. The maximum Gasteiger partial charge on any atom is 0.255 e. The van der Waals surface area contributed by atoms with Gasteiger partial charge in [-0.15, -0.1) is 0 Å². The van der Waals surface area contributed by atoms with Gasteiger partial charge in [-0.1, -0.05) is 18.6 Å². The van der Waals surface area contributed by atoms with Crippen LogP contribution in [0.25, 0.3) is 0 Å². The van der Waals surface area contributed by atoms with Crippen molar-refractivity contribution in [2.45, 2.75) is 45.1 Å². The van der Waals surface area contributed by atoms with Crippen LogP contribution < -0.4 is 10.1 Å². The van der Waals surface area contributed by atoms with Crippen molar-refractivity contribution < 1.29 is 14.3 Å². The average Bonchev–Trinajstić information content (AvgIpc) is 3.35. The molecule has 2 amide bonds. The Morgan fingerprint density at radius 3 is 2.68 bits per heavy atom. The number of benzene rings is 1. The number of para-hydroxylation sites is 1. The van der Waals surface area contributed by atoms with E-state index in [1.54, 1.807) is 18.2 Å². The average molecular weight is 342 g/mol. The van der Waals surface area contributed by atoms with Gasteiger partial charge < -0.3 is 15.0 Å². The van der Waals surface area contributed by atoms with E-state index in [9.17, 15) is 9.59 Å². The van der Waals surface area contributed by atoms with Gasteiger partial charge in [0.2, 0.25) is 5.91 Å². The zero-order valence-corrected chi connectivity index (χ0v) is 14.8. The predicted octanol–water partition coefficient (Wildman–Crippen LogP) is 2.61. The summed E-state index contributed by atoms with van der Waals surface area (Å²) in [6.07, 6.45) is 6.35. The van der Waals surface area contributed by atoms with Crippen molar-refractivity contribution >= 4 is 11.8 Å². The van der Waals surface area contributed by atoms with E-state index >= 15 is 0 Å². The van der Waals surface area contributed by atoms with Gasteiger partial charge in [-0.3, -0.25) is 9.59 Å². The summed E-state index contributed by atoms with van der Waals surface area (Å²) in [5.74, 6) is 1.06. The molecular formula is C20H26N2O3. The third-order valence-corrected chi connectivity index (χ3v) is 6.02. The number of hydrogen-bond acceptors (Lipinski definition) is 3. The van der Waals surface area contributed by atoms with Crippen molar-refractivity contribution in [3.8, 4) is 5.75 Å². The van der Waals surface area contributed by atoms with Crippen LogP contribution in [0.2, 0.25) is 0 Å². The fourth-order valence-corrected chi connectivity index (χ4v) is 4.53. The van der Waals surface area contributed by atoms with Crippen LogP contribution in [0.4, 0.5) is 0 Å². The van der Waals surface area contributed by atoms with Crippen LogP contribution in [0.5, 0.6) is 5.75 Å². The van der Waals surface area contributed by atoms with Gasteiger partial charge in [-0.05, 0) is 50.7 Å². The van der Waals surface area contributed by atoms with E-state index in [2.05, 4.69) is 5.32 Å². The van der Waals surface area contributed by atoms with Crippen molar-refractivity contribution in [2.24, 2.45) is 11.3 Å². The van der Waals surface area contributed by atoms with Crippen LogP contribution >= 0.6 is 0 Å². The van der Waals surface area contributed by atoms with Crippen LogP contribution in [-0.2, 0) is 4.79 Å². The molecule has 1 saturated heterocycles. The number of nitrogens with zero attached hydrogens (tertiary/aromatic N) is 1. The van der Waals surface area contributed by atoms with Crippen LogP contribution in [0.1, 0.15) is 49.4 Å². The molecule has 1 atom stereocenters. The Bertz CT molecular complexity index is 679. The second-order valence-corrected chi connectivity index (χ2v) is 7.63. The number of carbonyl (C=O) groups is 2. The summed E-state index contributed by atoms with van der Waals surface area (Å²) >= 11 is 0. The molecule has 1 aliphatic heterocycles. The fourth-order valence-electron chi connectivity index (χ4n) is 4.53. The number of rotatable bonds is 6. The summed E-state index contributed by atoms with van der Waals surface area (Å²) in [6.45, 7) is 3.34. The van der Waals surface area contributed by atoms with Crippen LogP contribution in [-0.4, -0.2) is 42.5 Å². The molecule has 2 aliphatic carbocycles. The monoisotopic (exact) mass is 342 g/mol. The molecule has 0 aromatic heterocycles.